The highest BCUT2D eigenvalue weighted by Crippen LogP contribution is 2.16. The molecule has 0 radical (unpaired) electrons. The molecule has 0 aromatic carbocycles. The fourth-order valence-corrected chi connectivity index (χ4v) is 1.50. The lowest BCUT2D eigenvalue weighted by atomic mass is 10.1. The minimum atomic E-state index is -1.14. The van der Waals surface area contributed by atoms with Gasteiger partial charge in [0.15, 0.2) is 6.04 Å². The van der Waals surface area contributed by atoms with Crippen molar-refractivity contribution in [1.29, 1.82) is 0 Å². The number of amides is 2. The van der Waals surface area contributed by atoms with Crippen LogP contribution in [-0.2, 0) is 19.2 Å². The summed E-state index contributed by atoms with van der Waals surface area (Å²) in [5.74, 6) is -2.35. The molecule has 8 nitrogen and oxygen atoms in total. The predicted octanol–water partition coefficient (Wildman–Crippen LogP) is -1.80. The van der Waals surface area contributed by atoms with E-state index in [-0.39, 0.29) is 25.9 Å². The number of hydrogen-bond acceptors (Lipinski definition) is 5. The summed E-state index contributed by atoms with van der Waals surface area (Å²) < 4.78 is 0. The predicted molar refractivity (Wildman–Crippen MR) is 55.2 cm³/mol. The summed E-state index contributed by atoms with van der Waals surface area (Å²) >= 11 is 0. The maximum absolute atomic E-state index is 11.7. The molecule has 96 valence electrons. The number of carboxylic acid groups (broad SMARTS) is 1. The monoisotopic (exact) mass is 245 g/mol. The summed E-state index contributed by atoms with van der Waals surface area (Å²) in [7, 11) is 0. The maximum atomic E-state index is 11.7. The SMILES string of the molecule is NC(=O)CC[C@H](N)C(=O)N1OCCC1C(=O)O. The molecule has 0 spiro atoms. The van der Waals surface area contributed by atoms with Crippen molar-refractivity contribution >= 4 is 17.8 Å². The van der Waals surface area contributed by atoms with Crippen LogP contribution < -0.4 is 11.5 Å². The van der Waals surface area contributed by atoms with Crippen molar-refractivity contribution in [3.63, 3.8) is 0 Å². The van der Waals surface area contributed by atoms with Gasteiger partial charge in [0.1, 0.15) is 0 Å². The summed E-state index contributed by atoms with van der Waals surface area (Å²) in [4.78, 5) is 38.0. The van der Waals surface area contributed by atoms with Gasteiger partial charge in [0.05, 0.1) is 12.6 Å². The van der Waals surface area contributed by atoms with Crippen molar-refractivity contribution in [1.82, 2.24) is 5.06 Å². The summed E-state index contributed by atoms with van der Waals surface area (Å²) in [5, 5.41) is 9.62. The van der Waals surface area contributed by atoms with E-state index in [1.807, 2.05) is 0 Å². The number of rotatable bonds is 5. The van der Waals surface area contributed by atoms with Crippen LogP contribution >= 0.6 is 0 Å². The zero-order valence-electron chi connectivity index (χ0n) is 9.17. The van der Waals surface area contributed by atoms with Crippen molar-refractivity contribution in [3.8, 4) is 0 Å². The van der Waals surface area contributed by atoms with Crippen LogP contribution in [0.3, 0.4) is 0 Å². The number of hydrogen-bond donors (Lipinski definition) is 3. The molecule has 1 fully saturated rings. The van der Waals surface area contributed by atoms with Crippen molar-refractivity contribution in [3.05, 3.63) is 0 Å². The van der Waals surface area contributed by atoms with Crippen molar-refractivity contribution < 1.29 is 24.3 Å². The minimum Gasteiger partial charge on any atom is -0.480 e. The zero-order chi connectivity index (χ0) is 13.0. The molecule has 2 atom stereocenters. The largest absolute Gasteiger partial charge is 0.480 e. The van der Waals surface area contributed by atoms with Crippen LogP contribution in [0, 0.1) is 0 Å². The third kappa shape index (κ3) is 3.40. The molecule has 1 saturated heterocycles. The Hall–Kier alpha value is -1.67. The van der Waals surface area contributed by atoms with E-state index < -0.39 is 29.9 Å². The lowest BCUT2D eigenvalue weighted by Crippen LogP contribution is -2.48. The first-order chi connectivity index (χ1) is 7.93. The van der Waals surface area contributed by atoms with Gasteiger partial charge in [-0.25, -0.2) is 9.86 Å². The van der Waals surface area contributed by atoms with Gasteiger partial charge < -0.3 is 16.6 Å². The first-order valence-electron chi connectivity index (χ1n) is 5.16. The van der Waals surface area contributed by atoms with Crippen LogP contribution in [0.2, 0.25) is 0 Å². The van der Waals surface area contributed by atoms with E-state index >= 15 is 0 Å². The van der Waals surface area contributed by atoms with Gasteiger partial charge in [-0.3, -0.25) is 14.4 Å². The fraction of sp³-hybridized carbons (Fsp3) is 0.667. The second kappa shape index (κ2) is 5.60. The normalized spacial score (nSPS) is 21.2. The standard InChI is InChI=1S/C9H15N3O5/c10-5(1-2-7(11)13)8(14)12-6(9(15)16)3-4-17-12/h5-6H,1-4,10H2,(H2,11,13)(H,15,16)/t5-,6?/m0/s1. The number of hydroxylamine groups is 2. The average Bonchev–Trinajstić information content (AvgIpc) is 2.73. The molecule has 0 aliphatic carbocycles. The number of carbonyl (C=O) groups excluding carboxylic acids is 2. The number of aliphatic carboxylic acids is 1. The second-order valence-corrected chi connectivity index (χ2v) is 3.75. The molecule has 0 bridgehead atoms. The molecule has 1 aliphatic rings. The zero-order valence-corrected chi connectivity index (χ0v) is 9.17. The maximum Gasteiger partial charge on any atom is 0.329 e. The lowest BCUT2D eigenvalue weighted by molar-refractivity contribution is -0.185. The summed E-state index contributed by atoms with van der Waals surface area (Å²) in [6.45, 7) is 0.158. The van der Waals surface area contributed by atoms with E-state index in [9.17, 15) is 14.4 Å². The summed E-state index contributed by atoms with van der Waals surface area (Å²) in [6.07, 6.45) is 0.266. The number of nitrogens with zero attached hydrogens (tertiary/aromatic N) is 1. The molecule has 2 amide bonds. The van der Waals surface area contributed by atoms with E-state index in [4.69, 9.17) is 21.4 Å². The number of carbonyl (C=O) groups is 3. The third-order valence-electron chi connectivity index (χ3n) is 2.43. The molecule has 1 rings (SSSR count). The molecule has 8 heteroatoms. The molecule has 0 saturated carbocycles. The van der Waals surface area contributed by atoms with Gasteiger partial charge in [-0.2, -0.15) is 0 Å². The van der Waals surface area contributed by atoms with Gasteiger partial charge in [-0.15, -0.1) is 0 Å². The highest BCUT2D eigenvalue weighted by atomic mass is 16.7. The van der Waals surface area contributed by atoms with E-state index in [1.165, 1.54) is 0 Å². The first-order valence-corrected chi connectivity index (χ1v) is 5.16. The van der Waals surface area contributed by atoms with Gasteiger partial charge >= 0.3 is 5.97 Å². The molecule has 5 N–H and O–H groups in total. The smallest absolute Gasteiger partial charge is 0.329 e. The Morgan fingerprint density at radius 3 is 2.65 bits per heavy atom. The topological polar surface area (TPSA) is 136 Å². The molecule has 1 heterocycles. The van der Waals surface area contributed by atoms with E-state index in [1.54, 1.807) is 0 Å². The first kappa shape index (κ1) is 13.4. The quantitative estimate of drug-likeness (QED) is 0.522. The Kier molecular flexibility index (Phi) is 4.41. The van der Waals surface area contributed by atoms with Gasteiger partial charge in [-0.05, 0) is 6.42 Å². The van der Waals surface area contributed by atoms with Crippen molar-refractivity contribution in [2.75, 3.05) is 6.61 Å². The summed E-state index contributed by atoms with van der Waals surface area (Å²) in [6, 6.07) is -2.00. The van der Waals surface area contributed by atoms with E-state index in [2.05, 4.69) is 0 Å². The van der Waals surface area contributed by atoms with Gasteiger partial charge in [0, 0.05) is 12.8 Å². The number of primary amides is 1. The average molecular weight is 245 g/mol. The minimum absolute atomic E-state index is 0.0293. The molecular weight excluding hydrogens is 230 g/mol. The Labute approximate surface area is 97.4 Å². The second-order valence-electron chi connectivity index (χ2n) is 3.75. The third-order valence-corrected chi connectivity index (χ3v) is 2.43. The van der Waals surface area contributed by atoms with Crippen LogP contribution in [-0.4, -0.2) is 46.6 Å². The van der Waals surface area contributed by atoms with E-state index in [0.717, 1.165) is 5.06 Å². The van der Waals surface area contributed by atoms with Gasteiger partial charge in [0.25, 0.3) is 5.91 Å². The van der Waals surface area contributed by atoms with Crippen LogP contribution in [0.1, 0.15) is 19.3 Å². The van der Waals surface area contributed by atoms with Crippen molar-refractivity contribution in [2.45, 2.75) is 31.3 Å². The number of nitrogens with two attached hydrogens (primary N) is 2. The molecule has 0 aromatic heterocycles. The molecule has 17 heavy (non-hydrogen) atoms. The summed E-state index contributed by atoms with van der Waals surface area (Å²) in [5.41, 5.74) is 10.5. The van der Waals surface area contributed by atoms with Crippen LogP contribution in [0.15, 0.2) is 0 Å². The highest BCUT2D eigenvalue weighted by Gasteiger charge is 2.37. The van der Waals surface area contributed by atoms with Crippen LogP contribution in [0.25, 0.3) is 0 Å². The molecule has 0 aromatic rings. The van der Waals surface area contributed by atoms with E-state index in [0.29, 0.717) is 0 Å². The Morgan fingerprint density at radius 2 is 2.12 bits per heavy atom. The van der Waals surface area contributed by atoms with Crippen LogP contribution in [0.4, 0.5) is 0 Å². The number of carboxylic acids is 1. The molecule has 1 aliphatic heterocycles. The fourth-order valence-electron chi connectivity index (χ4n) is 1.50. The molecule has 1 unspecified atom stereocenters. The lowest BCUT2D eigenvalue weighted by Gasteiger charge is -2.22. The Balaban J connectivity index is 2.56. The molecular formula is C9H15N3O5. The van der Waals surface area contributed by atoms with Crippen molar-refractivity contribution in [2.24, 2.45) is 11.5 Å². The highest BCUT2D eigenvalue weighted by molar-refractivity contribution is 5.86. The van der Waals surface area contributed by atoms with Gasteiger partial charge in [-0.1, -0.05) is 0 Å². The van der Waals surface area contributed by atoms with Gasteiger partial charge in [0.2, 0.25) is 5.91 Å². The van der Waals surface area contributed by atoms with Crippen LogP contribution in [0.5, 0.6) is 0 Å². The Morgan fingerprint density at radius 1 is 1.47 bits per heavy atom. The Bertz CT molecular complexity index is 333.